The van der Waals surface area contributed by atoms with Gasteiger partial charge in [-0.1, -0.05) is 65.3 Å². The molecule has 30 heavy (non-hydrogen) atoms. The molecule has 0 spiro atoms. The van der Waals surface area contributed by atoms with Crippen molar-refractivity contribution in [3.05, 3.63) is 87.7 Å². The van der Waals surface area contributed by atoms with Crippen LogP contribution in [0.15, 0.2) is 59.9 Å². The topological polar surface area (TPSA) is 60.1 Å². The highest BCUT2D eigenvalue weighted by Gasteiger charge is 2.29. The van der Waals surface area contributed by atoms with Crippen molar-refractivity contribution in [2.75, 3.05) is 0 Å². The summed E-state index contributed by atoms with van der Waals surface area (Å²) in [6.07, 6.45) is 2.79. The average molecular weight is 435 g/mol. The van der Waals surface area contributed by atoms with Gasteiger partial charge in [-0.2, -0.15) is 9.50 Å². The number of halogens is 1. The summed E-state index contributed by atoms with van der Waals surface area (Å²) in [5.74, 6) is 1.46. The van der Waals surface area contributed by atoms with Crippen molar-refractivity contribution in [1.82, 2.24) is 19.6 Å². The van der Waals surface area contributed by atoms with Gasteiger partial charge in [-0.05, 0) is 42.5 Å². The van der Waals surface area contributed by atoms with E-state index in [-0.39, 0.29) is 11.7 Å². The van der Waals surface area contributed by atoms with Crippen molar-refractivity contribution in [1.29, 1.82) is 0 Å². The zero-order chi connectivity index (χ0) is 20.7. The maximum absolute atomic E-state index is 12.8. The minimum absolute atomic E-state index is 0.0714. The molecule has 0 saturated carbocycles. The van der Waals surface area contributed by atoms with Crippen LogP contribution in [0.5, 0.6) is 0 Å². The number of benzene rings is 2. The molecule has 2 aromatic carbocycles. The van der Waals surface area contributed by atoms with Gasteiger partial charge in [-0.3, -0.25) is 4.79 Å². The largest absolute Gasteiger partial charge is 0.294 e. The normalized spacial score (nSPS) is 16.1. The van der Waals surface area contributed by atoms with E-state index in [1.807, 2.05) is 24.3 Å². The van der Waals surface area contributed by atoms with Crippen molar-refractivity contribution in [3.8, 4) is 0 Å². The van der Waals surface area contributed by atoms with E-state index in [1.54, 1.807) is 22.5 Å². The molecule has 0 amide bonds. The molecule has 1 unspecified atom stereocenters. The van der Waals surface area contributed by atoms with E-state index in [9.17, 15) is 4.79 Å². The lowest BCUT2D eigenvalue weighted by molar-refractivity contribution is 0.0962. The Bertz CT molecular complexity index is 1250. The van der Waals surface area contributed by atoms with Crippen LogP contribution in [0.25, 0.3) is 5.78 Å². The summed E-state index contributed by atoms with van der Waals surface area (Å²) in [6.45, 7) is 2.08. The molecular formula is C23H19ClN4OS. The third kappa shape index (κ3) is 3.73. The quantitative estimate of drug-likeness (QED) is 0.408. The van der Waals surface area contributed by atoms with E-state index in [0.717, 1.165) is 17.0 Å². The van der Waals surface area contributed by atoms with Crippen LogP contribution in [0, 0.1) is 6.92 Å². The zero-order valence-electron chi connectivity index (χ0n) is 16.4. The first-order valence-corrected chi connectivity index (χ1v) is 11.1. The van der Waals surface area contributed by atoms with Crippen LogP contribution >= 0.6 is 23.4 Å². The summed E-state index contributed by atoms with van der Waals surface area (Å²) in [7, 11) is 0. The van der Waals surface area contributed by atoms with Crippen LogP contribution < -0.4 is 0 Å². The van der Waals surface area contributed by atoms with Gasteiger partial charge in [0, 0.05) is 23.4 Å². The van der Waals surface area contributed by atoms with Crippen LogP contribution in [0.1, 0.15) is 45.1 Å². The molecule has 0 bridgehead atoms. The van der Waals surface area contributed by atoms with E-state index in [0.29, 0.717) is 34.4 Å². The second-order valence-corrected chi connectivity index (χ2v) is 8.96. The molecule has 4 aromatic rings. The molecule has 1 aliphatic rings. The monoisotopic (exact) mass is 434 g/mol. The Kier molecular flexibility index (Phi) is 5.05. The lowest BCUT2D eigenvalue weighted by Crippen LogP contribution is -2.22. The van der Waals surface area contributed by atoms with E-state index >= 15 is 0 Å². The Labute approximate surface area is 183 Å². The van der Waals surface area contributed by atoms with E-state index in [1.165, 1.54) is 11.1 Å². The van der Waals surface area contributed by atoms with Gasteiger partial charge in [0.25, 0.3) is 5.78 Å². The molecule has 2 aromatic heterocycles. The number of rotatable bonds is 4. The van der Waals surface area contributed by atoms with E-state index in [2.05, 4.69) is 46.3 Å². The van der Waals surface area contributed by atoms with Crippen LogP contribution in [-0.2, 0) is 12.2 Å². The molecule has 5 rings (SSSR count). The summed E-state index contributed by atoms with van der Waals surface area (Å²) >= 11 is 7.74. The fraction of sp³-hybridized carbons (Fsp3) is 0.217. The predicted molar refractivity (Wildman–Crippen MR) is 118 cm³/mol. The van der Waals surface area contributed by atoms with Gasteiger partial charge in [0.2, 0.25) is 5.16 Å². The van der Waals surface area contributed by atoms with Crippen LogP contribution in [0.2, 0.25) is 5.02 Å². The molecule has 0 fully saturated rings. The minimum atomic E-state index is 0.0714. The second kappa shape index (κ2) is 7.85. The molecule has 1 atom stereocenters. The molecule has 0 saturated heterocycles. The maximum Gasteiger partial charge on any atom is 0.253 e. The number of aryl methyl sites for hydroxylation is 1. The Morgan fingerprint density at radius 2 is 2.00 bits per heavy atom. The van der Waals surface area contributed by atoms with Crippen molar-refractivity contribution < 1.29 is 4.79 Å². The van der Waals surface area contributed by atoms with Crippen LogP contribution in [0.4, 0.5) is 0 Å². The van der Waals surface area contributed by atoms with Gasteiger partial charge in [0.1, 0.15) is 0 Å². The Morgan fingerprint density at radius 3 is 2.80 bits per heavy atom. The van der Waals surface area contributed by atoms with E-state index < -0.39 is 0 Å². The summed E-state index contributed by atoms with van der Waals surface area (Å²) in [5.41, 5.74) is 5.04. The summed E-state index contributed by atoms with van der Waals surface area (Å²) in [6, 6.07) is 16.2. The summed E-state index contributed by atoms with van der Waals surface area (Å²) in [4.78, 5) is 21.7. The highest BCUT2D eigenvalue weighted by atomic mass is 35.5. The number of aromatic nitrogens is 4. The third-order valence-corrected chi connectivity index (χ3v) is 6.57. The number of carbonyl (C=O) groups is 1. The number of fused-ring (bicyclic) bond motifs is 3. The molecule has 2 heterocycles. The van der Waals surface area contributed by atoms with Crippen molar-refractivity contribution in [3.63, 3.8) is 0 Å². The molecular weight excluding hydrogens is 416 g/mol. The van der Waals surface area contributed by atoms with Gasteiger partial charge in [0.15, 0.2) is 5.78 Å². The van der Waals surface area contributed by atoms with Crippen molar-refractivity contribution in [2.45, 2.75) is 36.6 Å². The highest BCUT2D eigenvalue weighted by Crippen LogP contribution is 2.33. The number of hydrogen-bond donors (Lipinski definition) is 0. The Morgan fingerprint density at radius 1 is 1.17 bits per heavy atom. The number of nitrogens with zero attached hydrogens (tertiary/aromatic N) is 4. The SMILES string of the molecule is Cc1ccc(CSc2nc3ncc4c(n3n2)CC(c2cccc(Cl)c2)CC4=O)cc1. The molecule has 0 N–H and O–H groups in total. The molecule has 5 nitrogen and oxygen atoms in total. The number of ketones is 1. The Hall–Kier alpha value is -2.70. The average Bonchev–Trinajstić information content (AvgIpc) is 3.17. The molecule has 0 radical (unpaired) electrons. The third-order valence-electron chi connectivity index (χ3n) is 5.43. The van der Waals surface area contributed by atoms with Gasteiger partial charge in [-0.15, -0.1) is 5.10 Å². The first-order valence-electron chi connectivity index (χ1n) is 9.78. The minimum Gasteiger partial charge on any atom is -0.294 e. The van der Waals surface area contributed by atoms with Gasteiger partial charge in [-0.25, -0.2) is 4.98 Å². The fourth-order valence-corrected chi connectivity index (χ4v) is 4.79. The molecule has 150 valence electrons. The maximum atomic E-state index is 12.8. The number of carbonyl (C=O) groups excluding carboxylic acids is 1. The molecule has 0 aliphatic heterocycles. The smallest absolute Gasteiger partial charge is 0.253 e. The first kappa shape index (κ1) is 19.3. The zero-order valence-corrected chi connectivity index (χ0v) is 18.0. The van der Waals surface area contributed by atoms with Crippen LogP contribution in [0.3, 0.4) is 0 Å². The van der Waals surface area contributed by atoms with Crippen LogP contribution in [-0.4, -0.2) is 25.4 Å². The molecule has 7 heteroatoms. The number of thioether (sulfide) groups is 1. The van der Waals surface area contributed by atoms with Gasteiger partial charge < -0.3 is 0 Å². The summed E-state index contributed by atoms with van der Waals surface area (Å²) < 4.78 is 1.74. The van der Waals surface area contributed by atoms with Crippen molar-refractivity contribution >= 4 is 34.9 Å². The van der Waals surface area contributed by atoms with E-state index in [4.69, 9.17) is 11.6 Å². The summed E-state index contributed by atoms with van der Waals surface area (Å²) in [5, 5.41) is 6.01. The van der Waals surface area contributed by atoms with Crippen molar-refractivity contribution in [2.24, 2.45) is 0 Å². The number of hydrogen-bond acceptors (Lipinski definition) is 5. The predicted octanol–water partition coefficient (Wildman–Crippen LogP) is 5.29. The highest BCUT2D eigenvalue weighted by molar-refractivity contribution is 7.98. The second-order valence-electron chi connectivity index (χ2n) is 7.58. The lowest BCUT2D eigenvalue weighted by atomic mass is 9.82. The standard InChI is InChI=1S/C23H19ClN4OS/c1-14-5-7-15(8-6-14)13-30-23-26-22-25-12-19-20(28(22)27-23)10-17(11-21(19)29)16-3-2-4-18(24)9-16/h2-9,12,17H,10-11,13H2,1H3. The molecule has 1 aliphatic carbocycles. The fourth-order valence-electron chi connectivity index (χ4n) is 3.82. The lowest BCUT2D eigenvalue weighted by Gasteiger charge is -2.24. The van der Waals surface area contributed by atoms with Gasteiger partial charge >= 0.3 is 0 Å². The number of Topliss-reactive ketones (excluding diaryl/α,β-unsaturated/α-hetero) is 1. The first-order chi connectivity index (χ1) is 14.6. The van der Waals surface area contributed by atoms with Gasteiger partial charge in [0.05, 0.1) is 11.3 Å². The Balaban J connectivity index is 1.45.